The lowest BCUT2D eigenvalue weighted by Crippen LogP contribution is -2.46. The Kier molecular flexibility index (Phi) is 6.31. The van der Waals surface area contributed by atoms with Gasteiger partial charge in [0.2, 0.25) is 0 Å². The van der Waals surface area contributed by atoms with E-state index in [4.69, 9.17) is 9.84 Å². The third-order valence-electron chi connectivity index (χ3n) is 9.09. The van der Waals surface area contributed by atoms with Crippen LogP contribution in [-0.2, 0) is 9.53 Å². The molecule has 0 radical (unpaired) electrons. The van der Waals surface area contributed by atoms with Gasteiger partial charge in [-0.05, 0) is 74.5 Å². The standard InChI is InChI=1S/C26H40O4/c1-17-14-22-20-7-6-18-15-19(28)8-10-25(18,2)21(20)9-11-26(22,3)24(17)23(29)16-30-13-5-4-12-27/h9,15,17,19-20,22,24,27-28H,4-8,10-14,16H2,1-3H3/t17-,19?,20?,22?,24+,25-,26-/m0/s1. The Bertz CT molecular complexity index is 725. The lowest BCUT2D eigenvalue weighted by atomic mass is 9.51. The van der Waals surface area contributed by atoms with E-state index in [1.54, 1.807) is 5.57 Å². The number of fused-ring (bicyclic) bond motifs is 5. The smallest absolute Gasteiger partial charge is 0.162 e. The maximum atomic E-state index is 13.2. The molecule has 0 spiro atoms. The van der Waals surface area contributed by atoms with Gasteiger partial charge in [0.25, 0.3) is 0 Å². The molecule has 2 N–H and O–H groups in total. The predicted octanol–water partition coefficient (Wildman–Crippen LogP) is 4.45. The van der Waals surface area contributed by atoms with Crippen molar-refractivity contribution in [2.45, 2.75) is 78.2 Å². The van der Waals surface area contributed by atoms with Gasteiger partial charge < -0.3 is 14.9 Å². The maximum Gasteiger partial charge on any atom is 0.162 e. The molecular weight excluding hydrogens is 376 g/mol. The number of carbonyl (C=O) groups is 1. The average molecular weight is 417 g/mol. The minimum atomic E-state index is -0.273. The summed E-state index contributed by atoms with van der Waals surface area (Å²) in [7, 11) is 0. The van der Waals surface area contributed by atoms with Crippen LogP contribution in [-0.4, -0.2) is 41.9 Å². The van der Waals surface area contributed by atoms with Gasteiger partial charge in [-0.1, -0.05) is 44.1 Å². The predicted molar refractivity (Wildman–Crippen MR) is 118 cm³/mol. The van der Waals surface area contributed by atoms with Gasteiger partial charge in [-0.3, -0.25) is 4.79 Å². The molecule has 7 atom stereocenters. The van der Waals surface area contributed by atoms with Gasteiger partial charge in [-0.15, -0.1) is 0 Å². The van der Waals surface area contributed by atoms with Crippen molar-refractivity contribution in [2.75, 3.05) is 19.8 Å². The Morgan fingerprint density at radius 2 is 2.07 bits per heavy atom. The van der Waals surface area contributed by atoms with Crippen molar-refractivity contribution in [1.29, 1.82) is 0 Å². The summed E-state index contributed by atoms with van der Waals surface area (Å²) in [6.07, 6.45) is 12.2. The summed E-state index contributed by atoms with van der Waals surface area (Å²) in [6.45, 7) is 7.98. The van der Waals surface area contributed by atoms with Crippen LogP contribution in [0.15, 0.2) is 23.3 Å². The van der Waals surface area contributed by atoms with Crippen molar-refractivity contribution in [1.82, 2.24) is 0 Å². The Balaban J connectivity index is 1.52. The number of aliphatic hydroxyl groups is 2. The normalized spacial score (nSPS) is 42.6. The summed E-state index contributed by atoms with van der Waals surface area (Å²) >= 11 is 0. The van der Waals surface area contributed by atoms with Crippen molar-refractivity contribution < 1.29 is 19.7 Å². The average Bonchev–Trinajstić information content (AvgIpc) is 2.98. The van der Waals surface area contributed by atoms with Crippen molar-refractivity contribution in [3.63, 3.8) is 0 Å². The van der Waals surface area contributed by atoms with E-state index in [1.165, 1.54) is 5.57 Å². The molecule has 0 amide bonds. The highest BCUT2D eigenvalue weighted by atomic mass is 16.5. The molecule has 4 nitrogen and oxygen atoms in total. The fourth-order valence-corrected chi connectivity index (χ4v) is 7.64. The van der Waals surface area contributed by atoms with Gasteiger partial charge >= 0.3 is 0 Å². The Morgan fingerprint density at radius 3 is 2.83 bits per heavy atom. The van der Waals surface area contributed by atoms with Gasteiger partial charge in [0.05, 0.1) is 6.10 Å². The number of hydrogen-bond donors (Lipinski definition) is 2. The summed E-state index contributed by atoms with van der Waals surface area (Å²) in [5, 5.41) is 19.0. The van der Waals surface area contributed by atoms with Crippen LogP contribution >= 0.6 is 0 Å². The van der Waals surface area contributed by atoms with Crippen molar-refractivity contribution in [3.05, 3.63) is 23.3 Å². The number of ether oxygens (including phenoxy) is 1. The summed E-state index contributed by atoms with van der Waals surface area (Å²) in [6, 6.07) is 0. The molecule has 3 unspecified atom stereocenters. The first-order valence-corrected chi connectivity index (χ1v) is 12.1. The Labute approximate surface area is 181 Å². The van der Waals surface area contributed by atoms with E-state index in [2.05, 4.69) is 32.9 Å². The van der Waals surface area contributed by atoms with E-state index >= 15 is 0 Å². The molecule has 2 saturated carbocycles. The Hall–Kier alpha value is -0.970. The highest BCUT2D eigenvalue weighted by Crippen LogP contribution is 2.65. The van der Waals surface area contributed by atoms with Crippen LogP contribution in [0, 0.1) is 34.5 Å². The second kappa shape index (κ2) is 8.52. The number of allylic oxidation sites excluding steroid dienone is 3. The van der Waals surface area contributed by atoms with Gasteiger partial charge in [-0.2, -0.15) is 0 Å². The molecule has 4 heteroatoms. The third-order valence-corrected chi connectivity index (χ3v) is 9.09. The van der Waals surface area contributed by atoms with Crippen LogP contribution in [0.5, 0.6) is 0 Å². The van der Waals surface area contributed by atoms with E-state index in [0.717, 1.165) is 51.4 Å². The lowest BCUT2D eigenvalue weighted by Gasteiger charge is -2.54. The van der Waals surface area contributed by atoms with Crippen LogP contribution < -0.4 is 0 Å². The minimum absolute atomic E-state index is 0.0326. The minimum Gasteiger partial charge on any atom is -0.396 e. The topological polar surface area (TPSA) is 66.8 Å². The van der Waals surface area contributed by atoms with Crippen LogP contribution in [0.25, 0.3) is 0 Å². The fourth-order valence-electron chi connectivity index (χ4n) is 7.64. The van der Waals surface area contributed by atoms with E-state index in [9.17, 15) is 9.90 Å². The number of rotatable bonds is 7. The zero-order chi connectivity index (χ0) is 21.5. The molecule has 2 fully saturated rings. The fraction of sp³-hybridized carbons (Fsp3) is 0.808. The maximum absolute atomic E-state index is 13.2. The lowest BCUT2D eigenvalue weighted by molar-refractivity contribution is -0.133. The first-order chi connectivity index (χ1) is 14.3. The molecule has 0 aliphatic heterocycles. The van der Waals surface area contributed by atoms with E-state index in [0.29, 0.717) is 24.4 Å². The molecule has 4 aliphatic rings. The number of Topliss-reactive ketones (excluding diaryl/α,β-unsaturated/α-hetero) is 1. The molecule has 30 heavy (non-hydrogen) atoms. The van der Waals surface area contributed by atoms with Gasteiger partial charge in [0.15, 0.2) is 5.78 Å². The van der Waals surface area contributed by atoms with Crippen LogP contribution in [0.3, 0.4) is 0 Å². The molecule has 4 rings (SSSR count). The molecule has 0 heterocycles. The number of hydrogen-bond acceptors (Lipinski definition) is 4. The van der Waals surface area contributed by atoms with Crippen LogP contribution in [0.2, 0.25) is 0 Å². The Morgan fingerprint density at radius 1 is 1.27 bits per heavy atom. The number of carbonyl (C=O) groups excluding carboxylic acids is 1. The molecule has 0 aromatic heterocycles. The summed E-state index contributed by atoms with van der Waals surface area (Å²) in [5.74, 6) is 1.90. The van der Waals surface area contributed by atoms with Crippen molar-refractivity contribution in [3.8, 4) is 0 Å². The molecule has 0 aromatic rings. The van der Waals surface area contributed by atoms with E-state index in [1.807, 2.05) is 0 Å². The summed E-state index contributed by atoms with van der Waals surface area (Å²) < 4.78 is 5.68. The first-order valence-electron chi connectivity index (χ1n) is 12.1. The second-order valence-electron chi connectivity index (χ2n) is 10.9. The third kappa shape index (κ3) is 3.63. The van der Waals surface area contributed by atoms with Crippen LogP contribution in [0.4, 0.5) is 0 Å². The highest BCUT2D eigenvalue weighted by molar-refractivity contribution is 5.84. The number of aliphatic hydroxyl groups excluding tert-OH is 2. The van der Waals surface area contributed by atoms with E-state index < -0.39 is 0 Å². The van der Waals surface area contributed by atoms with E-state index in [-0.39, 0.29) is 41.8 Å². The molecule has 0 aromatic carbocycles. The molecule has 0 saturated heterocycles. The van der Waals surface area contributed by atoms with Gasteiger partial charge in [-0.25, -0.2) is 0 Å². The first kappa shape index (κ1) is 22.2. The molecule has 4 aliphatic carbocycles. The van der Waals surface area contributed by atoms with Crippen LogP contribution in [0.1, 0.15) is 72.1 Å². The summed E-state index contributed by atoms with van der Waals surface area (Å²) in [5.41, 5.74) is 3.20. The SMILES string of the molecule is C[C@H]1CC2C3CCC4=CC(O)CC[C@]4(C)C3=CC[C@]2(C)[C@H]1C(=O)COCCCCO. The zero-order valence-corrected chi connectivity index (χ0v) is 19.0. The zero-order valence-electron chi connectivity index (χ0n) is 19.0. The number of ketones is 1. The highest BCUT2D eigenvalue weighted by Gasteiger charge is 2.59. The molecule has 0 bridgehead atoms. The molecule has 168 valence electrons. The quantitative estimate of drug-likeness (QED) is 0.475. The van der Waals surface area contributed by atoms with Gasteiger partial charge in [0.1, 0.15) is 6.61 Å². The monoisotopic (exact) mass is 416 g/mol. The molecular formula is C26H40O4. The summed E-state index contributed by atoms with van der Waals surface area (Å²) in [4.78, 5) is 13.2. The second-order valence-corrected chi connectivity index (χ2v) is 10.9. The number of unbranched alkanes of at least 4 members (excludes halogenated alkanes) is 1. The van der Waals surface area contributed by atoms with Crippen molar-refractivity contribution in [2.24, 2.45) is 34.5 Å². The van der Waals surface area contributed by atoms with Gasteiger partial charge in [0, 0.05) is 24.5 Å². The largest absolute Gasteiger partial charge is 0.396 e. The van der Waals surface area contributed by atoms with Crippen molar-refractivity contribution >= 4 is 5.78 Å².